The molecule has 2 rings (SSSR count). The van der Waals surface area contributed by atoms with E-state index in [1.54, 1.807) is 6.92 Å². The fourth-order valence-corrected chi connectivity index (χ4v) is 2.89. The number of carbonyl (C=O) groups excluding carboxylic acids is 1. The molecule has 1 aromatic rings. The van der Waals surface area contributed by atoms with E-state index < -0.39 is 6.10 Å². The summed E-state index contributed by atoms with van der Waals surface area (Å²) in [6.45, 7) is 1.74. The van der Waals surface area contributed by atoms with Gasteiger partial charge in [-0.15, -0.1) is 0 Å². The maximum atomic E-state index is 12.1. The molecule has 20 heavy (non-hydrogen) atoms. The Labute approximate surface area is 121 Å². The molecule has 0 spiro atoms. The van der Waals surface area contributed by atoms with Crippen LogP contribution in [0.2, 0.25) is 0 Å². The maximum Gasteiger partial charge on any atom is 0.224 e. The number of amides is 1. The summed E-state index contributed by atoms with van der Waals surface area (Å²) in [6, 6.07) is 7.41. The lowest BCUT2D eigenvalue weighted by Crippen LogP contribution is -2.16. The molecule has 110 valence electrons. The van der Waals surface area contributed by atoms with Crippen molar-refractivity contribution in [2.45, 2.75) is 58.0 Å². The fourth-order valence-electron chi connectivity index (χ4n) is 2.89. The minimum Gasteiger partial charge on any atom is -0.389 e. The Morgan fingerprint density at radius 2 is 1.80 bits per heavy atom. The molecule has 1 aliphatic rings. The van der Waals surface area contributed by atoms with Gasteiger partial charge in [-0.25, -0.2) is 0 Å². The van der Waals surface area contributed by atoms with Crippen molar-refractivity contribution in [3.05, 3.63) is 29.8 Å². The van der Waals surface area contributed by atoms with Gasteiger partial charge in [0, 0.05) is 12.1 Å². The van der Waals surface area contributed by atoms with Gasteiger partial charge in [0.15, 0.2) is 0 Å². The smallest absolute Gasteiger partial charge is 0.224 e. The Kier molecular flexibility index (Phi) is 5.60. The number of benzene rings is 1. The van der Waals surface area contributed by atoms with Gasteiger partial charge >= 0.3 is 0 Å². The first-order chi connectivity index (χ1) is 9.65. The lowest BCUT2D eigenvalue weighted by Gasteiger charge is -2.14. The van der Waals surface area contributed by atoms with Gasteiger partial charge in [0.05, 0.1) is 6.10 Å². The van der Waals surface area contributed by atoms with E-state index in [0.29, 0.717) is 12.3 Å². The van der Waals surface area contributed by atoms with Crippen molar-refractivity contribution in [2.75, 3.05) is 5.32 Å². The number of anilines is 1. The topological polar surface area (TPSA) is 49.3 Å². The van der Waals surface area contributed by atoms with Crippen LogP contribution in [-0.2, 0) is 4.79 Å². The standard InChI is InChI=1S/C17H25NO2/c1-13(19)15-8-10-16(11-9-15)18-17(20)12-14-6-4-2-3-5-7-14/h8-11,13-14,19H,2-7,12H2,1H3,(H,18,20). The summed E-state index contributed by atoms with van der Waals surface area (Å²) in [5.74, 6) is 0.663. The third-order valence-corrected chi connectivity index (χ3v) is 4.13. The van der Waals surface area contributed by atoms with E-state index in [0.717, 1.165) is 11.3 Å². The lowest BCUT2D eigenvalue weighted by atomic mass is 9.96. The van der Waals surface area contributed by atoms with Crippen LogP contribution < -0.4 is 5.32 Å². The molecule has 2 N–H and O–H groups in total. The van der Waals surface area contributed by atoms with Crippen molar-refractivity contribution in [3.63, 3.8) is 0 Å². The van der Waals surface area contributed by atoms with Crippen molar-refractivity contribution in [2.24, 2.45) is 5.92 Å². The predicted molar refractivity (Wildman–Crippen MR) is 81.5 cm³/mol. The van der Waals surface area contributed by atoms with Gasteiger partial charge in [-0.05, 0) is 43.4 Å². The van der Waals surface area contributed by atoms with Crippen LogP contribution in [0.25, 0.3) is 0 Å². The van der Waals surface area contributed by atoms with Crippen LogP contribution in [0.3, 0.4) is 0 Å². The van der Waals surface area contributed by atoms with Gasteiger partial charge in [0.25, 0.3) is 0 Å². The van der Waals surface area contributed by atoms with Crippen molar-refractivity contribution in [1.82, 2.24) is 0 Å². The number of aliphatic hydroxyl groups is 1. The number of carbonyl (C=O) groups is 1. The first kappa shape index (κ1) is 15.0. The maximum absolute atomic E-state index is 12.1. The highest BCUT2D eigenvalue weighted by molar-refractivity contribution is 5.90. The second kappa shape index (κ2) is 7.44. The number of rotatable bonds is 4. The molecule has 0 aliphatic heterocycles. The van der Waals surface area contributed by atoms with E-state index in [1.165, 1.54) is 38.5 Å². The lowest BCUT2D eigenvalue weighted by molar-refractivity contribution is -0.117. The molecule has 0 aromatic heterocycles. The van der Waals surface area contributed by atoms with Gasteiger partial charge in [0.2, 0.25) is 5.91 Å². The van der Waals surface area contributed by atoms with E-state index >= 15 is 0 Å². The zero-order chi connectivity index (χ0) is 14.4. The van der Waals surface area contributed by atoms with Crippen LogP contribution in [0, 0.1) is 5.92 Å². The zero-order valence-corrected chi connectivity index (χ0v) is 12.3. The van der Waals surface area contributed by atoms with Crippen LogP contribution in [0.4, 0.5) is 5.69 Å². The Bertz CT molecular complexity index is 417. The molecule has 1 saturated carbocycles. The highest BCUT2D eigenvalue weighted by atomic mass is 16.3. The Hall–Kier alpha value is -1.35. The quantitative estimate of drug-likeness (QED) is 0.815. The summed E-state index contributed by atoms with van der Waals surface area (Å²) < 4.78 is 0. The molecule has 0 heterocycles. The molecule has 0 bridgehead atoms. The number of nitrogens with one attached hydrogen (secondary N) is 1. The van der Waals surface area contributed by atoms with Crippen LogP contribution in [0.1, 0.15) is 63.5 Å². The van der Waals surface area contributed by atoms with E-state index in [9.17, 15) is 9.90 Å². The normalized spacial score (nSPS) is 18.3. The summed E-state index contributed by atoms with van der Waals surface area (Å²) in [4.78, 5) is 12.1. The summed E-state index contributed by atoms with van der Waals surface area (Å²) in [5.41, 5.74) is 1.68. The highest BCUT2D eigenvalue weighted by Gasteiger charge is 2.16. The van der Waals surface area contributed by atoms with Crippen molar-refractivity contribution in [3.8, 4) is 0 Å². The zero-order valence-electron chi connectivity index (χ0n) is 12.3. The van der Waals surface area contributed by atoms with Crippen LogP contribution in [-0.4, -0.2) is 11.0 Å². The van der Waals surface area contributed by atoms with Crippen molar-refractivity contribution < 1.29 is 9.90 Å². The molecule has 1 atom stereocenters. The van der Waals surface area contributed by atoms with Gasteiger partial charge < -0.3 is 10.4 Å². The molecule has 3 heteroatoms. The number of hydrogen-bond acceptors (Lipinski definition) is 2. The third kappa shape index (κ3) is 4.64. The van der Waals surface area contributed by atoms with E-state index in [4.69, 9.17) is 0 Å². The molecule has 1 amide bonds. The summed E-state index contributed by atoms with van der Waals surface area (Å²) in [5, 5.41) is 12.4. The molecular formula is C17H25NO2. The first-order valence-electron chi connectivity index (χ1n) is 7.73. The van der Waals surface area contributed by atoms with Gasteiger partial charge in [-0.3, -0.25) is 4.79 Å². The summed E-state index contributed by atoms with van der Waals surface area (Å²) in [6.07, 6.45) is 7.71. The Morgan fingerprint density at radius 1 is 1.20 bits per heavy atom. The van der Waals surface area contributed by atoms with E-state index in [-0.39, 0.29) is 5.91 Å². The first-order valence-corrected chi connectivity index (χ1v) is 7.73. The third-order valence-electron chi connectivity index (χ3n) is 4.13. The van der Waals surface area contributed by atoms with Gasteiger partial charge in [-0.2, -0.15) is 0 Å². The molecule has 1 fully saturated rings. The predicted octanol–water partition coefficient (Wildman–Crippen LogP) is 4.04. The summed E-state index contributed by atoms with van der Waals surface area (Å²) >= 11 is 0. The van der Waals surface area contributed by atoms with Gasteiger partial charge in [-0.1, -0.05) is 37.8 Å². The van der Waals surface area contributed by atoms with Crippen LogP contribution in [0.15, 0.2) is 24.3 Å². The SMILES string of the molecule is CC(O)c1ccc(NC(=O)CC2CCCCCC2)cc1. The Balaban J connectivity index is 1.84. The van der Waals surface area contributed by atoms with Crippen molar-refractivity contribution >= 4 is 11.6 Å². The average molecular weight is 275 g/mol. The molecule has 1 aliphatic carbocycles. The summed E-state index contributed by atoms with van der Waals surface area (Å²) in [7, 11) is 0. The fraction of sp³-hybridized carbons (Fsp3) is 0.588. The molecule has 3 nitrogen and oxygen atoms in total. The minimum atomic E-state index is -0.467. The van der Waals surface area contributed by atoms with Crippen LogP contribution in [0.5, 0.6) is 0 Å². The average Bonchev–Trinajstić information content (AvgIpc) is 2.68. The van der Waals surface area contributed by atoms with Gasteiger partial charge in [0.1, 0.15) is 0 Å². The van der Waals surface area contributed by atoms with Crippen LogP contribution >= 0.6 is 0 Å². The Morgan fingerprint density at radius 3 is 2.35 bits per heavy atom. The molecule has 0 radical (unpaired) electrons. The molecule has 1 unspecified atom stereocenters. The monoisotopic (exact) mass is 275 g/mol. The highest BCUT2D eigenvalue weighted by Crippen LogP contribution is 2.26. The largest absolute Gasteiger partial charge is 0.389 e. The van der Waals surface area contributed by atoms with E-state index in [1.807, 2.05) is 24.3 Å². The minimum absolute atomic E-state index is 0.113. The second-order valence-corrected chi connectivity index (χ2v) is 5.91. The molecule has 1 aromatic carbocycles. The number of aliphatic hydroxyl groups excluding tert-OH is 1. The van der Waals surface area contributed by atoms with E-state index in [2.05, 4.69) is 5.32 Å². The number of hydrogen-bond donors (Lipinski definition) is 2. The second-order valence-electron chi connectivity index (χ2n) is 5.91. The molecule has 0 saturated heterocycles. The van der Waals surface area contributed by atoms with Crippen molar-refractivity contribution in [1.29, 1.82) is 0 Å². The molecular weight excluding hydrogens is 250 g/mol.